The fraction of sp³-hybridized carbons (Fsp3) is 0.296. The van der Waals surface area contributed by atoms with E-state index in [-0.39, 0.29) is 19.1 Å². The van der Waals surface area contributed by atoms with E-state index in [1.54, 1.807) is 6.07 Å². The Morgan fingerprint density at radius 3 is 2.12 bits per heavy atom. The fourth-order valence-corrected chi connectivity index (χ4v) is 4.27. The van der Waals surface area contributed by atoms with Crippen molar-refractivity contribution in [3.05, 3.63) is 95.1 Å². The van der Waals surface area contributed by atoms with Crippen LogP contribution in [0.1, 0.15) is 54.0 Å². The van der Waals surface area contributed by atoms with Crippen LogP contribution in [-0.2, 0) is 4.74 Å². The van der Waals surface area contributed by atoms with Gasteiger partial charge in [0.1, 0.15) is 18.8 Å². The Morgan fingerprint density at radius 1 is 0.906 bits per heavy atom. The second-order valence-electron chi connectivity index (χ2n) is 8.54. The molecule has 0 saturated heterocycles. The Hall–Kier alpha value is -3.15. The standard InChI is InChI=1S/C27H29NO4/c1-17(2)18-8-7-9-19(14-18)26(30)25(29)15-28-27(31)32-16-24-22-12-5-3-10-20(22)21-11-4-6-13-23(21)24/h3-14,17,24-26,29-30H,15-16H2,1-2H3,(H,28,31). The molecule has 4 rings (SSSR count). The zero-order chi connectivity index (χ0) is 22.7. The number of rotatable bonds is 7. The molecule has 3 aromatic carbocycles. The molecule has 0 heterocycles. The second-order valence-corrected chi connectivity index (χ2v) is 8.54. The van der Waals surface area contributed by atoms with E-state index in [9.17, 15) is 15.0 Å². The summed E-state index contributed by atoms with van der Waals surface area (Å²) in [6, 6.07) is 23.8. The number of fused-ring (bicyclic) bond motifs is 3. The van der Waals surface area contributed by atoms with Gasteiger partial charge in [0.05, 0.1) is 0 Å². The minimum atomic E-state index is -1.14. The Balaban J connectivity index is 1.33. The summed E-state index contributed by atoms with van der Waals surface area (Å²) in [6.07, 6.45) is -2.85. The van der Waals surface area contributed by atoms with E-state index < -0.39 is 18.3 Å². The number of benzene rings is 3. The number of ether oxygens (including phenoxy) is 1. The van der Waals surface area contributed by atoms with E-state index in [1.807, 2.05) is 42.5 Å². The van der Waals surface area contributed by atoms with Crippen molar-refractivity contribution in [1.29, 1.82) is 0 Å². The Morgan fingerprint density at radius 2 is 1.50 bits per heavy atom. The first kappa shape index (κ1) is 22.1. The number of hydrogen-bond acceptors (Lipinski definition) is 4. The first-order valence-electron chi connectivity index (χ1n) is 11.0. The Kier molecular flexibility index (Phi) is 6.58. The van der Waals surface area contributed by atoms with Gasteiger partial charge in [-0.15, -0.1) is 0 Å². The molecule has 5 heteroatoms. The van der Waals surface area contributed by atoms with Crippen LogP contribution in [0.5, 0.6) is 0 Å². The summed E-state index contributed by atoms with van der Waals surface area (Å²) in [7, 11) is 0. The van der Waals surface area contributed by atoms with Crippen LogP contribution in [0.4, 0.5) is 4.79 Å². The van der Waals surface area contributed by atoms with Gasteiger partial charge in [-0.2, -0.15) is 0 Å². The topological polar surface area (TPSA) is 78.8 Å². The largest absolute Gasteiger partial charge is 0.449 e. The molecule has 0 spiro atoms. The summed E-state index contributed by atoms with van der Waals surface area (Å²) in [4.78, 5) is 12.3. The van der Waals surface area contributed by atoms with Crippen molar-refractivity contribution in [3.8, 4) is 11.1 Å². The summed E-state index contributed by atoms with van der Waals surface area (Å²) >= 11 is 0. The lowest BCUT2D eigenvalue weighted by Gasteiger charge is -2.20. The number of aliphatic hydroxyl groups excluding tert-OH is 2. The van der Waals surface area contributed by atoms with Gasteiger partial charge >= 0.3 is 6.09 Å². The van der Waals surface area contributed by atoms with Gasteiger partial charge in [0, 0.05) is 12.5 Å². The van der Waals surface area contributed by atoms with Gasteiger partial charge in [-0.1, -0.05) is 86.6 Å². The average Bonchev–Trinajstić information content (AvgIpc) is 3.14. The number of aliphatic hydroxyl groups is 2. The van der Waals surface area contributed by atoms with Crippen molar-refractivity contribution >= 4 is 6.09 Å². The molecule has 3 N–H and O–H groups in total. The summed E-state index contributed by atoms with van der Waals surface area (Å²) < 4.78 is 5.48. The zero-order valence-corrected chi connectivity index (χ0v) is 18.4. The predicted octanol–water partition coefficient (Wildman–Crippen LogP) is 4.74. The molecule has 0 fully saturated rings. The maximum Gasteiger partial charge on any atom is 0.407 e. The Labute approximate surface area is 188 Å². The molecule has 1 aliphatic rings. The lowest BCUT2D eigenvalue weighted by atomic mass is 9.97. The average molecular weight is 432 g/mol. The number of carbonyl (C=O) groups is 1. The lowest BCUT2D eigenvalue weighted by molar-refractivity contribution is 0.0185. The second kappa shape index (κ2) is 9.55. The number of alkyl carbamates (subject to hydrolysis) is 1. The minimum absolute atomic E-state index is 0.0255. The monoisotopic (exact) mass is 431 g/mol. The smallest absolute Gasteiger partial charge is 0.407 e. The van der Waals surface area contributed by atoms with Crippen LogP contribution < -0.4 is 5.32 Å². The molecule has 3 aromatic rings. The molecular formula is C27H29NO4. The van der Waals surface area contributed by atoms with E-state index in [0.717, 1.165) is 16.7 Å². The molecule has 1 amide bonds. The van der Waals surface area contributed by atoms with Crippen LogP contribution in [0.2, 0.25) is 0 Å². The quantitative estimate of drug-likeness (QED) is 0.505. The highest BCUT2D eigenvalue weighted by Gasteiger charge is 2.29. The van der Waals surface area contributed by atoms with E-state index >= 15 is 0 Å². The highest BCUT2D eigenvalue weighted by atomic mass is 16.5. The number of amides is 1. The summed E-state index contributed by atoms with van der Waals surface area (Å²) in [6.45, 7) is 4.24. The molecule has 0 radical (unpaired) electrons. The van der Waals surface area contributed by atoms with E-state index in [1.165, 1.54) is 11.1 Å². The van der Waals surface area contributed by atoms with Gasteiger partial charge in [-0.3, -0.25) is 0 Å². The van der Waals surface area contributed by atoms with Crippen LogP contribution >= 0.6 is 0 Å². The van der Waals surface area contributed by atoms with Gasteiger partial charge < -0.3 is 20.3 Å². The van der Waals surface area contributed by atoms with Crippen molar-refractivity contribution in [2.75, 3.05) is 13.2 Å². The molecule has 0 saturated carbocycles. The number of nitrogens with one attached hydrogen (secondary N) is 1. The molecule has 5 nitrogen and oxygen atoms in total. The van der Waals surface area contributed by atoms with Gasteiger partial charge in [0.25, 0.3) is 0 Å². The van der Waals surface area contributed by atoms with Crippen LogP contribution in [0.3, 0.4) is 0 Å². The summed E-state index contributed by atoms with van der Waals surface area (Å²) in [5, 5.41) is 23.4. The third-order valence-electron chi connectivity index (χ3n) is 6.08. The third-order valence-corrected chi connectivity index (χ3v) is 6.08. The van der Waals surface area contributed by atoms with Crippen LogP contribution in [-0.4, -0.2) is 35.6 Å². The molecule has 1 aliphatic carbocycles. The van der Waals surface area contributed by atoms with Crippen molar-refractivity contribution in [1.82, 2.24) is 5.32 Å². The maximum absolute atomic E-state index is 12.3. The van der Waals surface area contributed by atoms with Crippen LogP contribution in [0, 0.1) is 0 Å². The minimum Gasteiger partial charge on any atom is -0.449 e. The van der Waals surface area contributed by atoms with E-state index in [4.69, 9.17) is 4.74 Å². The van der Waals surface area contributed by atoms with Crippen LogP contribution in [0.25, 0.3) is 11.1 Å². The van der Waals surface area contributed by atoms with Crippen LogP contribution in [0.15, 0.2) is 72.8 Å². The highest BCUT2D eigenvalue weighted by Crippen LogP contribution is 2.44. The fourth-order valence-electron chi connectivity index (χ4n) is 4.27. The van der Waals surface area contributed by atoms with Crippen molar-refractivity contribution in [2.24, 2.45) is 0 Å². The molecule has 166 valence electrons. The summed E-state index contributed by atoms with van der Waals surface area (Å²) in [5.41, 5.74) is 6.32. The van der Waals surface area contributed by atoms with Gasteiger partial charge in [-0.05, 0) is 39.3 Å². The summed E-state index contributed by atoms with van der Waals surface area (Å²) in [5.74, 6) is 0.292. The van der Waals surface area contributed by atoms with Gasteiger partial charge in [-0.25, -0.2) is 4.79 Å². The SMILES string of the molecule is CC(C)c1cccc(C(O)C(O)CNC(=O)OCC2c3ccccc3-c3ccccc32)c1. The Bertz CT molecular complexity index is 1050. The van der Waals surface area contributed by atoms with Crippen molar-refractivity contribution < 1.29 is 19.7 Å². The number of carbonyl (C=O) groups excluding carboxylic acids is 1. The number of hydrogen-bond donors (Lipinski definition) is 3. The van der Waals surface area contributed by atoms with Gasteiger partial charge in [0.15, 0.2) is 0 Å². The van der Waals surface area contributed by atoms with E-state index in [2.05, 4.69) is 43.4 Å². The van der Waals surface area contributed by atoms with E-state index in [0.29, 0.717) is 11.5 Å². The molecule has 2 atom stereocenters. The third kappa shape index (κ3) is 4.54. The molecule has 0 aliphatic heterocycles. The highest BCUT2D eigenvalue weighted by molar-refractivity contribution is 5.79. The normalized spacial score (nSPS) is 14.5. The van der Waals surface area contributed by atoms with Crippen molar-refractivity contribution in [3.63, 3.8) is 0 Å². The first-order chi connectivity index (χ1) is 15.5. The zero-order valence-electron chi connectivity index (χ0n) is 18.4. The molecule has 2 unspecified atom stereocenters. The first-order valence-corrected chi connectivity index (χ1v) is 11.0. The molecule has 0 aromatic heterocycles. The molecule has 0 bridgehead atoms. The van der Waals surface area contributed by atoms with Gasteiger partial charge in [0.2, 0.25) is 0 Å². The molecular weight excluding hydrogens is 402 g/mol. The molecule has 32 heavy (non-hydrogen) atoms. The maximum atomic E-state index is 12.3. The predicted molar refractivity (Wildman–Crippen MR) is 125 cm³/mol. The van der Waals surface area contributed by atoms with Crippen molar-refractivity contribution in [2.45, 2.75) is 37.9 Å². The lowest BCUT2D eigenvalue weighted by Crippen LogP contribution is -2.36.